The van der Waals surface area contributed by atoms with Gasteiger partial charge in [-0.25, -0.2) is 4.79 Å². The van der Waals surface area contributed by atoms with E-state index < -0.39 is 11.4 Å². The van der Waals surface area contributed by atoms with Crippen molar-refractivity contribution in [2.45, 2.75) is 20.3 Å². The van der Waals surface area contributed by atoms with Crippen molar-refractivity contribution in [1.29, 1.82) is 5.26 Å². The van der Waals surface area contributed by atoms with Gasteiger partial charge in [0, 0.05) is 0 Å². The number of nitrogens with two attached hydrogens (primary N) is 1. The number of carbonyl (C=O) groups excluding carboxylic acids is 1. The van der Waals surface area contributed by atoms with Crippen molar-refractivity contribution in [3.05, 3.63) is 27.7 Å². The summed E-state index contributed by atoms with van der Waals surface area (Å²) >= 11 is 11.6. The summed E-state index contributed by atoms with van der Waals surface area (Å²) in [6.45, 7) is 3.70. The van der Waals surface area contributed by atoms with Crippen LogP contribution in [0.4, 0.5) is 5.69 Å². The van der Waals surface area contributed by atoms with Gasteiger partial charge in [0.15, 0.2) is 0 Å². The molecule has 0 spiro atoms. The molecule has 6 heteroatoms. The van der Waals surface area contributed by atoms with Crippen LogP contribution in [0.1, 0.15) is 30.6 Å². The van der Waals surface area contributed by atoms with Crippen LogP contribution in [-0.2, 0) is 4.74 Å². The molecule has 19 heavy (non-hydrogen) atoms. The summed E-state index contributed by atoms with van der Waals surface area (Å²) in [7, 11) is 0. The predicted molar refractivity (Wildman–Crippen MR) is 75.2 cm³/mol. The Hall–Kier alpha value is -1.44. The predicted octanol–water partition coefficient (Wildman–Crippen LogP) is 3.67. The van der Waals surface area contributed by atoms with E-state index in [0.717, 1.165) is 0 Å². The molecule has 2 N–H and O–H groups in total. The van der Waals surface area contributed by atoms with Gasteiger partial charge in [-0.3, -0.25) is 0 Å². The number of anilines is 1. The molecule has 0 radical (unpaired) electrons. The molecule has 0 heterocycles. The molecule has 1 aromatic rings. The number of esters is 1. The molecule has 1 aromatic carbocycles. The smallest absolute Gasteiger partial charge is 0.338 e. The standard InChI is InChI=1S/C13H14Cl2N2O2/c1-13(2,7-16)3-4-19-12(18)8-5-9(14)11(15)10(17)6-8/h5-6H,3-4,17H2,1-2H3. The molecule has 4 nitrogen and oxygen atoms in total. The fourth-order valence-electron chi connectivity index (χ4n) is 1.27. The Bertz CT molecular complexity index is 513. The van der Waals surface area contributed by atoms with Gasteiger partial charge in [0.2, 0.25) is 0 Å². The number of benzene rings is 1. The van der Waals surface area contributed by atoms with Crippen LogP contribution in [0.3, 0.4) is 0 Å². The Morgan fingerprint density at radius 3 is 2.63 bits per heavy atom. The summed E-state index contributed by atoms with van der Waals surface area (Å²) in [6, 6.07) is 4.94. The zero-order chi connectivity index (χ0) is 14.6. The van der Waals surface area contributed by atoms with Gasteiger partial charge >= 0.3 is 5.97 Å². The Morgan fingerprint density at radius 1 is 1.47 bits per heavy atom. The number of nitrogens with zero attached hydrogens (tertiary/aromatic N) is 1. The lowest BCUT2D eigenvalue weighted by atomic mass is 9.92. The highest BCUT2D eigenvalue weighted by molar-refractivity contribution is 6.43. The van der Waals surface area contributed by atoms with Crippen LogP contribution >= 0.6 is 23.2 Å². The molecule has 0 atom stereocenters. The number of hydrogen-bond donors (Lipinski definition) is 1. The SMILES string of the molecule is CC(C)(C#N)CCOC(=O)c1cc(N)c(Cl)c(Cl)c1. The van der Waals surface area contributed by atoms with Gasteiger partial charge in [0.05, 0.1) is 39.4 Å². The topological polar surface area (TPSA) is 76.1 Å². The molecule has 0 aliphatic carbocycles. The van der Waals surface area contributed by atoms with Gasteiger partial charge in [-0.15, -0.1) is 0 Å². The number of hydrogen-bond acceptors (Lipinski definition) is 4. The van der Waals surface area contributed by atoms with Gasteiger partial charge in [-0.2, -0.15) is 5.26 Å². The fourth-order valence-corrected chi connectivity index (χ4v) is 1.60. The van der Waals surface area contributed by atoms with E-state index in [9.17, 15) is 4.79 Å². The van der Waals surface area contributed by atoms with Crippen LogP contribution in [-0.4, -0.2) is 12.6 Å². The third kappa shape index (κ3) is 4.30. The minimum absolute atomic E-state index is 0.152. The van der Waals surface area contributed by atoms with E-state index >= 15 is 0 Å². The van der Waals surface area contributed by atoms with Crippen molar-refractivity contribution >= 4 is 34.9 Å². The summed E-state index contributed by atoms with van der Waals surface area (Å²) in [5.74, 6) is -0.543. The number of carbonyl (C=O) groups is 1. The highest BCUT2D eigenvalue weighted by Crippen LogP contribution is 2.29. The van der Waals surface area contributed by atoms with Crippen molar-refractivity contribution < 1.29 is 9.53 Å². The van der Waals surface area contributed by atoms with Crippen LogP contribution in [0.25, 0.3) is 0 Å². The summed E-state index contributed by atoms with van der Waals surface area (Å²) in [6.07, 6.45) is 0.450. The number of nitriles is 1. The van der Waals surface area contributed by atoms with Crippen LogP contribution in [0.5, 0.6) is 0 Å². The Labute approximate surface area is 122 Å². The van der Waals surface area contributed by atoms with Gasteiger partial charge < -0.3 is 10.5 Å². The third-order valence-corrected chi connectivity index (χ3v) is 3.37. The molecule has 0 aliphatic rings. The fraction of sp³-hybridized carbons (Fsp3) is 0.385. The quantitative estimate of drug-likeness (QED) is 0.680. The minimum atomic E-state index is -0.543. The third-order valence-electron chi connectivity index (χ3n) is 2.55. The van der Waals surface area contributed by atoms with E-state index in [4.69, 9.17) is 38.9 Å². The molecule has 0 amide bonds. The Morgan fingerprint density at radius 2 is 2.11 bits per heavy atom. The van der Waals surface area contributed by atoms with E-state index in [2.05, 4.69) is 6.07 Å². The molecule has 0 aromatic heterocycles. The lowest BCUT2D eigenvalue weighted by Crippen LogP contribution is -2.15. The van der Waals surface area contributed by atoms with E-state index in [1.54, 1.807) is 13.8 Å². The largest absolute Gasteiger partial charge is 0.462 e. The molecule has 0 unspecified atom stereocenters. The van der Waals surface area contributed by atoms with Crippen molar-refractivity contribution in [1.82, 2.24) is 0 Å². The summed E-state index contributed by atoms with van der Waals surface area (Å²) in [4.78, 5) is 11.8. The minimum Gasteiger partial charge on any atom is -0.462 e. The van der Waals surface area contributed by atoms with Crippen molar-refractivity contribution in [3.8, 4) is 6.07 Å². The zero-order valence-corrected chi connectivity index (χ0v) is 12.2. The monoisotopic (exact) mass is 300 g/mol. The van der Waals surface area contributed by atoms with E-state index in [1.807, 2.05) is 0 Å². The molecule has 0 saturated heterocycles. The van der Waals surface area contributed by atoms with Crippen LogP contribution in [0.15, 0.2) is 12.1 Å². The first-order valence-electron chi connectivity index (χ1n) is 5.60. The Balaban J connectivity index is 2.68. The molecule has 0 bridgehead atoms. The van der Waals surface area contributed by atoms with Crippen molar-refractivity contribution in [2.24, 2.45) is 5.41 Å². The highest BCUT2D eigenvalue weighted by Gasteiger charge is 2.18. The van der Waals surface area contributed by atoms with Gasteiger partial charge in [-0.1, -0.05) is 23.2 Å². The average Bonchev–Trinajstić information content (AvgIpc) is 2.35. The van der Waals surface area contributed by atoms with Gasteiger partial charge in [-0.05, 0) is 32.4 Å². The molecule has 102 valence electrons. The van der Waals surface area contributed by atoms with Crippen molar-refractivity contribution in [2.75, 3.05) is 12.3 Å². The first-order valence-corrected chi connectivity index (χ1v) is 6.35. The average molecular weight is 301 g/mol. The lowest BCUT2D eigenvalue weighted by molar-refractivity contribution is 0.0475. The second-order valence-corrected chi connectivity index (χ2v) is 5.53. The van der Waals surface area contributed by atoms with Crippen LogP contribution < -0.4 is 5.73 Å². The summed E-state index contributed by atoms with van der Waals surface area (Å²) < 4.78 is 5.07. The number of halogens is 2. The normalized spacial score (nSPS) is 10.9. The van der Waals surface area contributed by atoms with E-state index in [0.29, 0.717) is 6.42 Å². The second kappa shape index (κ2) is 6.14. The number of nitrogen functional groups attached to an aromatic ring is 1. The summed E-state index contributed by atoms with van der Waals surface area (Å²) in [5.41, 5.74) is 5.54. The molecule has 0 saturated carbocycles. The molecule has 1 rings (SSSR count). The first kappa shape index (κ1) is 15.6. The maximum atomic E-state index is 11.8. The molecular weight excluding hydrogens is 287 g/mol. The van der Waals surface area contributed by atoms with Crippen LogP contribution in [0.2, 0.25) is 10.0 Å². The lowest BCUT2D eigenvalue weighted by Gasteiger charge is -2.14. The molecule has 0 fully saturated rings. The highest BCUT2D eigenvalue weighted by atomic mass is 35.5. The Kier molecular flexibility index (Phi) is 5.04. The first-order chi connectivity index (χ1) is 8.76. The second-order valence-electron chi connectivity index (χ2n) is 4.74. The van der Waals surface area contributed by atoms with Gasteiger partial charge in [0.25, 0.3) is 0 Å². The van der Waals surface area contributed by atoms with Gasteiger partial charge in [0.1, 0.15) is 0 Å². The number of ether oxygens (including phenoxy) is 1. The molecular formula is C13H14Cl2N2O2. The van der Waals surface area contributed by atoms with E-state index in [1.165, 1.54) is 12.1 Å². The summed E-state index contributed by atoms with van der Waals surface area (Å²) in [5, 5.41) is 9.25. The zero-order valence-electron chi connectivity index (χ0n) is 10.7. The molecule has 0 aliphatic heterocycles. The van der Waals surface area contributed by atoms with E-state index in [-0.39, 0.29) is 27.9 Å². The van der Waals surface area contributed by atoms with Crippen molar-refractivity contribution in [3.63, 3.8) is 0 Å². The maximum absolute atomic E-state index is 11.8. The maximum Gasteiger partial charge on any atom is 0.338 e. The van der Waals surface area contributed by atoms with Crippen LogP contribution in [0, 0.1) is 16.7 Å². The number of rotatable bonds is 4.